The van der Waals surface area contributed by atoms with Crippen LogP contribution < -0.4 is 0 Å². The third-order valence-corrected chi connectivity index (χ3v) is 9.04. The summed E-state index contributed by atoms with van der Waals surface area (Å²) in [5.41, 5.74) is 0.233. The van der Waals surface area contributed by atoms with Crippen LogP contribution in [0.4, 0.5) is 0 Å². The van der Waals surface area contributed by atoms with Crippen molar-refractivity contribution in [3.63, 3.8) is 0 Å². The summed E-state index contributed by atoms with van der Waals surface area (Å²) in [4.78, 5) is 18.4. The van der Waals surface area contributed by atoms with E-state index in [0.29, 0.717) is 37.0 Å². The summed E-state index contributed by atoms with van der Waals surface area (Å²) in [6.07, 6.45) is 2.77. The van der Waals surface area contributed by atoms with Crippen LogP contribution in [0.1, 0.15) is 39.2 Å². The van der Waals surface area contributed by atoms with Crippen LogP contribution in [0.25, 0.3) is 0 Å². The number of hydrogen-bond acceptors (Lipinski definition) is 4. The molecule has 4 rings (SSSR count). The van der Waals surface area contributed by atoms with Crippen molar-refractivity contribution in [3.05, 3.63) is 29.8 Å². The normalized spacial score (nSPS) is 28.4. The van der Waals surface area contributed by atoms with Gasteiger partial charge in [-0.3, -0.25) is 9.69 Å². The summed E-state index contributed by atoms with van der Waals surface area (Å²) in [6.45, 7) is 10.1. The van der Waals surface area contributed by atoms with Gasteiger partial charge in [0.15, 0.2) is 0 Å². The van der Waals surface area contributed by atoms with Gasteiger partial charge in [-0.15, -0.1) is 0 Å². The first-order valence-corrected chi connectivity index (χ1v) is 12.3. The molecule has 29 heavy (non-hydrogen) atoms. The van der Waals surface area contributed by atoms with Gasteiger partial charge in [-0.25, -0.2) is 8.42 Å². The molecule has 3 aliphatic rings. The van der Waals surface area contributed by atoms with Crippen molar-refractivity contribution in [2.45, 2.75) is 51.0 Å². The van der Waals surface area contributed by atoms with Crippen LogP contribution in [-0.2, 0) is 21.2 Å². The number of sulfonamides is 1. The number of carbonyl (C=O) groups excluding carboxylic acids is 1. The first-order valence-electron chi connectivity index (χ1n) is 10.9. The average molecular weight is 420 g/mol. The monoisotopic (exact) mass is 419 g/mol. The SMILES string of the molecule is CCc1ccccc1S(=O)(=O)N1C[C@@H]2CN(C(C)C)C[C@]2(C(=O)N2CCCC2)C1. The molecule has 160 valence electrons. The highest BCUT2D eigenvalue weighted by molar-refractivity contribution is 7.89. The predicted octanol–water partition coefficient (Wildman–Crippen LogP) is 2.20. The Morgan fingerprint density at radius 2 is 1.83 bits per heavy atom. The first-order chi connectivity index (χ1) is 13.8. The van der Waals surface area contributed by atoms with Crippen molar-refractivity contribution >= 4 is 15.9 Å². The summed E-state index contributed by atoms with van der Waals surface area (Å²) in [5.74, 6) is 0.228. The zero-order chi connectivity index (χ0) is 20.8. The van der Waals surface area contributed by atoms with Gasteiger partial charge in [0.2, 0.25) is 15.9 Å². The molecule has 0 N–H and O–H groups in total. The number of benzene rings is 1. The van der Waals surface area contributed by atoms with E-state index in [1.165, 1.54) is 0 Å². The van der Waals surface area contributed by atoms with Gasteiger partial charge in [0, 0.05) is 51.2 Å². The second-order valence-electron chi connectivity index (χ2n) is 9.13. The van der Waals surface area contributed by atoms with Crippen LogP contribution in [0.2, 0.25) is 0 Å². The predicted molar refractivity (Wildman–Crippen MR) is 113 cm³/mol. The molecular formula is C22H33N3O3S. The lowest BCUT2D eigenvalue weighted by molar-refractivity contribution is -0.141. The van der Waals surface area contributed by atoms with Gasteiger partial charge in [0.25, 0.3) is 0 Å². The molecule has 0 bridgehead atoms. The second-order valence-corrected chi connectivity index (χ2v) is 11.0. The molecule has 6 nitrogen and oxygen atoms in total. The largest absolute Gasteiger partial charge is 0.342 e. The lowest BCUT2D eigenvalue weighted by Gasteiger charge is -2.33. The van der Waals surface area contributed by atoms with Crippen LogP contribution >= 0.6 is 0 Å². The van der Waals surface area contributed by atoms with E-state index in [-0.39, 0.29) is 11.8 Å². The fourth-order valence-electron chi connectivity index (χ4n) is 5.36. The number of amides is 1. The van der Waals surface area contributed by atoms with Gasteiger partial charge < -0.3 is 4.90 Å². The fraction of sp³-hybridized carbons (Fsp3) is 0.682. The number of hydrogen-bond donors (Lipinski definition) is 0. The highest BCUT2D eigenvalue weighted by atomic mass is 32.2. The molecule has 1 aromatic carbocycles. The molecule has 2 atom stereocenters. The zero-order valence-electron chi connectivity index (χ0n) is 17.8. The average Bonchev–Trinajstić information content (AvgIpc) is 3.42. The van der Waals surface area contributed by atoms with E-state index < -0.39 is 15.4 Å². The number of carbonyl (C=O) groups is 1. The number of rotatable bonds is 5. The lowest BCUT2D eigenvalue weighted by atomic mass is 9.79. The van der Waals surface area contributed by atoms with Gasteiger partial charge in [0.05, 0.1) is 10.3 Å². The van der Waals surface area contributed by atoms with Crippen molar-refractivity contribution in [2.75, 3.05) is 39.3 Å². The van der Waals surface area contributed by atoms with Crippen LogP contribution in [-0.4, -0.2) is 73.7 Å². The van der Waals surface area contributed by atoms with Gasteiger partial charge in [-0.2, -0.15) is 4.31 Å². The molecule has 1 amide bonds. The topological polar surface area (TPSA) is 60.9 Å². The van der Waals surface area contributed by atoms with Crippen LogP contribution in [0, 0.1) is 11.3 Å². The summed E-state index contributed by atoms with van der Waals surface area (Å²) in [7, 11) is -3.61. The maximum atomic E-state index is 13.6. The Kier molecular flexibility index (Phi) is 5.51. The molecule has 0 saturated carbocycles. The standard InChI is InChI=1S/C22H33N3O3S/c1-4-18-9-5-6-10-20(18)29(27,28)25-14-19-13-24(17(2)3)15-22(19,16-25)21(26)23-11-7-8-12-23/h5-6,9-10,17,19H,4,7-8,11-16H2,1-3H3/t19-,22-/m0/s1. The zero-order valence-corrected chi connectivity index (χ0v) is 18.6. The van der Waals surface area contributed by atoms with Gasteiger partial charge in [0.1, 0.15) is 0 Å². The molecule has 0 aromatic heterocycles. The quantitative estimate of drug-likeness (QED) is 0.734. The summed E-state index contributed by atoms with van der Waals surface area (Å²) >= 11 is 0. The van der Waals surface area contributed by atoms with Gasteiger partial charge >= 0.3 is 0 Å². The van der Waals surface area contributed by atoms with E-state index in [1.807, 2.05) is 24.0 Å². The van der Waals surface area contributed by atoms with Crippen molar-refractivity contribution in [1.82, 2.24) is 14.1 Å². The Hall–Kier alpha value is -1.44. The molecule has 0 unspecified atom stereocenters. The Balaban J connectivity index is 1.67. The smallest absolute Gasteiger partial charge is 0.243 e. The van der Waals surface area contributed by atoms with Crippen molar-refractivity contribution in [3.8, 4) is 0 Å². The number of aryl methyl sites for hydroxylation is 1. The van der Waals surface area contributed by atoms with E-state index in [0.717, 1.165) is 38.0 Å². The Bertz CT molecular complexity index is 879. The Morgan fingerprint density at radius 1 is 1.14 bits per heavy atom. The molecule has 3 fully saturated rings. The maximum Gasteiger partial charge on any atom is 0.243 e. The van der Waals surface area contributed by atoms with E-state index in [2.05, 4.69) is 18.7 Å². The summed E-state index contributed by atoms with van der Waals surface area (Å²) in [6, 6.07) is 7.62. The third kappa shape index (κ3) is 3.41. The number of nitrogens with zero attached hydrogens (tertiary/aromatic N) is 3. The number of likely N-dealkylation sites (tertiary alicyclic amines) is 2. The molecule has 3 heterocycles. The first kappa shape index (κ1) is 20.8. The van der Waals surface area contributed by atoms with E-state index in [1.54, 1.807) is 16.4 Å². The molecule has 3 saturated heterocycles. The molecule has 3 aliphatic heterocycles. The Labute approximate surface area is 174 Å². The van der Waals surface area contributed by atoms with E-state index >= 15 is 0 Å². The highest BCUT2D eigenvalue weighted by Crippen LogP contribution is 2.46. The molecule has 7 heteroatoms. The molecule has 1 aromatic rings. The molecule has 0 spiro atoms. The fourth-order valence-corrected chi connectivity index (χ4v) is 7.21. The van der Waals surface area contributed by atoms with Crippen LogP contribution in [0.3, 0.4) is 0 Å². The summed E-state index contributed by atoms with van der Waals surface area (Å²) in [5, 5.41) is 0. The second kappa shape index (κ2) is 7.67. The summed E-state index contributed by atoms with van der Waals surface area (Å²) < 4.78 is 28.7. The van der Waals surface area contributed by atoms with Crippen molar-refractivity contribution < 1.29 is 13.2 Å². The molecular weight excluding hydrogens is 386 g/mol. The van der Waals surface area contributed by atoms with Crippen molar-refractivity contribution in [2.24, 2.45) is 11.3 Å². The molecule has 0 aliphatic carbocycles. The van der Waals surface area contributed by atoms with Crippen LogP contribution in [0.15, 0.2) is 29.2 Å². The minimum absolute atomic E-state index is 0.0570. The third-order valence-electron chi connectivity index (χ3n) is 7.12. The van der Waals surface area contributed by atoms with Crippen molar-refractivity contribution in [1.29, 1.82) is 0 Å². The van der Waals surface area contributed by atoms with Gasteiger partial charge in [-0.1, -0.05) is 25.1 Å². The minimum atomic E-state index is -3.61. The highest BCUT2D eigenvalue weighted by Gasteiger charge is 2.60. The minimum Gasteiger partial charge on any atom is -0.342 e. The Morgan fingerprint density at radius 3 is 2.48 bits per heavy atom. The van der Waals surface area contributed by atoms with Crippen LogP contribution in [0.5, 0.6) is 0 Å². The van der Waals surface area contributed by atoms with E-state index in [9.17, 15) is 13.2 Å². The lowest BCUT2D eigenvalue weighted by Crippen LogP contribution is -2.49. The number of fused-ring (bicyclic) bond motifs is 1. The maximum absolute atomic E-state index is 13.6. The van der Waals surface area contributed by atoms with E-state index in [4.69, 9.17) is 0 Å². The molecule has 0 radical (unpaired) electrons. The van der Waals surface area contributed by atoms with Gasteiger partial charge in [-0.05, 0) is 44.7 Å².